The molecule has 0 radical (unpaired) electrons. The monoisotopic (exact) mass is 343 g/mol. The van der Waals surface area contributed by atoms with Crippen molar-refractivity contribution < 1.29 is 4.39 Å². The van der Waals surface area contributed by atoms with Crippen molar-refractivity contribution in [3.63, 3.8) is 0 Å². The number of likely N-dealkylation sites (N-methyl/N-ethyl adjacent to an activating group) is 1. The molecule has 0 bridgehead atoms. The summed E-state index contributed by atoms with van der Waals surface area (Å²) in [4.78, 5) is 4.89. The molecule has 2 unspecified atom stereocenters. The van der Waals surface area contributed by atoms with Crippen molar-refractivity contribution >= 4 is 15.9 Å². The number of halogens is 2. The van der Waals surface area contributed by atoms with Crippen LogP contribution in [0.3, 0.4) is 0 Å². The van der Waals surface area contributed by atoms with E-state index in [0.29, 0.717) is 17.1 Å². The molecule has 0 aliphatic carbocycles. The Kier molecular flexibility index (Phi) is 5.55. The number of nitrogens with two attached hydrogens (primary N) is 1. The summed E-state index contributed by atoms with van der Waals surface area (Å²) in [7, 11) is 0. The molecule has 1 aromatic carbocycles. The van der Waals surface area contributed by atoms with E-state index in [2.05, 4.69) is 39.6 Å². The Morgan fingerprint density at radius 2 is 2.20 bits per heavy atom. The van der Waals surface area contributed by atoms with Crippen molar-refractivity contribution in [1.82, 2.24) is 9.80 Å². The fraction of sp³-hybridized carbons (Fsp3) is 0.600. The van der Waals surface area contributed by atoms with Gasteiger partial charge in [0.15, 0.2) is 0 Å². The first-order valence-electron chi connectivity index (χ1n) is 7.20. The molecular formula is C15H23BrFN3. The van der Waals surface area contributed by atoms with Crippen LogP contribution in [0.1, 0.15) is 25.5 Å². The molecule has 1 aliphatic heterocycles. The average molecular weight is 344 g/mol. The van der Waals surface area contributed by atoms with E-state index >= 15 is 0 Å². The molecule has 5 heteroatoms. The molecule has 1 aromatic rings. The molecule has 2 rings (SSSR count). The van der Waals surface area contributed by atoms with Gasteiger partial charge in [-0.1, -0.05) is 13.0 Å². The van der Waals surface area contributed by atoms with E-state index in [0.717, 1.165) is 31.7 Å². The van der Waals surface area contributed by atoms with Gasteiger partial charge in [0.2, 0.25) is 0 Å². The van der Waals surface area contributed by atoms with Crippen LogP contribution >= 0.6 is 15.9 Å². The van der Waals surface area contributed by atoms with E-state index < -0.39 is 0 Å². The lowest BCUT2D eigenvalue weighted by Crippen LogP contribution is -2.53. The highest BCUT2D eigenvalue weighted by atomic mass is 79.9. The third-order valence-corrected chi connectivity index (χ3v) is 4.80. The Hall–Kier alpha value is -0.490. The molecule has 0 spiro atoms. The van der Waals surface area contributed by atoms with Crippen LogP contribution in [0.25, 0.3) is 0 Å². The molecular weight excluding hydrogens is 321 g/mol. The van der Waals surface area contributed by atoms with Gasteiger partial charge in [0, 0.05) is 38.3 Å². The van der Waals surface area contributed by atoms with E-state index in [-0.39, 0.29) is 11.9 Å². The summed E-state index contributed by atoms with van der Waals surface area (Å²) >= 11 is 3.26. The lowest BCUT2D eigenvalue weighted by Gasteiger charge is -2.42. The van der Waals surface area contributed by atoms with Gasteiger partial charge in [-0.15, -0.1) is 0 Å². The summed E-state index contributed by atoms with van der Waals surface area (Å²) in [6.07, 6.45) is 0. The SMILES string of the molecule is CCN1CCN(C(CN)c2ccc(F)c(Br)c2)CC1C. The fourth-order valence-electron chi connectivity index (χ4n) is 2.99. The molecule has 2 atom stereocenters. The Labute approximate surface area is 129 Å². The van der Waals surface area contributed by atoms with Gasteiger partial charge in [0.1, 0.15) is 5.82 Å². The second-order valence-electron chi connectivity index (χ2n) is 5.40. The summed E-state index contributed by atoms with van der Waals surface area (Å²) < 4.78 is 13.9. The minimum Gasteiger partial charge on any atom is -0.329 e. The normalized spacial score (nSPS) is 22.9. The molecule has 1 fully saturated rings. The lowest BCUT2D eigenvalue weighted by molar-refractivity contribution is 0.0606. The highest BCUT2D eigenvalue weighted by Crippen LogP contribution is 2.26. The van der Waals surface area contributed by atoms with Crippen LogP contribution in [0.4, 0.5) is 4.39 Å². The largest absolute Gasteiger partial charge is 0.329 e. The highest BCUT2D eigenvalue weighted by molar-refractivity contribution is 9.10. The van der Waals surface area contributed by atoms with Crippen LogP contribution in [-0.4, -0.2) is 48.6 Å². The van der Waals surface area contributed by atoms with Gasteiger partial charge in [-0.3, -0.25) is 9.80 Å². The molecule has 1 heterocycles. The first-order valence-corrected chi connectivity index (χ1v) is 7.99. The lowest BCUT2D eigenvalue weighted by atomic mass is 10.0. The third kappa shape index (κ3) is 3.39. The van der Waals surface area contributed by atoms with Crippen molar-refractivity contribution in [3.8, 4) is 0 Å². The van der Waals surface area contributed by atoms with E-state index in [1.54, 1.807) is 0 Å². The van der Waals surface area contributed by atoms with E-state index in [4.69, 9.17) is 5.73 Å². The number of hydrogen-bond donors (Lipinski definition) is 1. The number of nitrogens with zero attached hydrogens (tertiary/aromatic N) is 2. The molecule has 1 aliphatic rings. The maximum Gasteiger partial charge on any atom is 0.137 e. The maximum atomic E-state index is 13.4. The smallest absolute Gasteiger partial charge is 0.137 e. The summed E-state index contributed by atoms with van der Waals surface area (Å²) in [6.45, 7) is 9.17. The quantitative estimate of drug-likeness (QED) is 0.911. The Balaban J connectivity index is 2.14. The van der Waals surface area contributed by atoms with Gasteiger partial charge in [0.25, 0.3) is 0 Å². The van der Waals surface area contributed by atoms with Crippen molar-refractivity contribution in [1.29, 1.82) is 0 Å². The van der Waals surface area contributed by atoms with Crippen LogP contribution in [0.5, 0.6) is 0 Å². The second kappa shape index (κ2) is 6.98. The maximum absolute atomic E-state index is 13.4. The van der Waals surface area contributed by atoms with Gasteiger partial charge in [-0.2, -0.15) is 0 Å². The molecule has 20 heavy (non-hydrogen) atoms. The zero-order valence-corrected chi connectivity index (χ0v) is 13.7. The predicted octanol–water partition coefficient (Wildman–Crippen LogP) is 2.61. The van der Waals surface area contributed by atoms with E-state index in [9.17, 15) is 4.39 Å². The molecule has 2 N–H and O–H groups in total. The minimum atomic E-state index is -0.228. The van der Waals surface area contributed by atoms with E-state index in [1.807, 2.05) is 12.1 Å². The number of rotatable bonds is 4. The molecule has 0 aromatic heterocycles. The predicted molar refractivity (Wildman–Crippen MR) is 84.2 cm³/mol. The van der Waals surface area contributed by atoms with Crippen molar-refractivity contribution in [3.05, 3.63) is 34.1 Å². The second-order valence-corrected chi connectivity index (χ2v) is 6.25. The molecule has 0 amide bonds. The van der Waals surface area contributed by atoms with Crippen LogP contribution in [0.2, 0.25) is 0 Å². The van der Waals surface area contributed by atoms with Crippen molar-refractivity contribution in [2.45, 2.75) is 25.9 Å². The standard InChI is InChI=1S/C15H23BrFN3/c1-3-19-6-7-20(10-11(19)2)15(9-18)12-4-5-14(17)13(16)8-12/h4-5,8,11,15H,3,6-7,9-10,18H2,1-2H3. The molecule has 3 nitrogen and oxygen atoms in total. The highest BCUT2D eigenvalue weighted by Gasteiger charge is 2.28. The number of piperazine rings is 1. The topological polar surface area (TPSA) is 32.5 Å². The van der Waals surface area contributed by atoms with Crippen molar-refractivity contribution in [2.75, 3.05) is 32.7 Å². The summed E-state index contributed by atoms with van der Waals surface area (Å²) in [5, 5.41) is 0. The minimum absolute atomic E-state index is 0.161. The zero-order chi connectivity index (χ0) is 14.7. The van der Waals surface area contributed by atoms with Crippen LogP contribution in [0, 0.1) is 5.82 Å². The Bertz CT molecular complexity index is 455. The Morgan fingerprint density at radius 3 is 2.75 bits per heavy atom. The molecule has 0 saturated carbocycles. The van der Waals surface area contributed by atoms with Gasteiger partial charge in [0.05, 0.1) is 4.47 Å². The summed E-state index contributed by atoms with van der Waals surface area (Å²) in [5.74, 6) is -0.228. The van der Waals surface area contributed by atoms with Crippen LogP contribution in [0.15, 0.2) is 22.7 Å². The third-order valence-electron chi connectivity index (χ3n) is 4.20. The molecule has 1 saturated heterocycles. The van der Waals surface area contributed by atoms with E-state index in [1.165, 1.54) is 6.07 Å². The summed E-state index contributed by atoms with van der Waals surface area (Å²) in [5.41, 5.74) is 7.05. The molecule has 112 valence electrons. The Morgan fingerprint density at radius 1 is 1.45 bits per heavy atom. The van der Waals surface area contributed by atoms with Gasteiger partial charge < -0.3 is 5.73 Å². The zero-order valence-electron chi connectivity index (χ0n) is 12.1. The van der Waals surface area contributed by atoms with Crippen LogP contribution < -0.4 is 5.73 Å². The first-order chi connectivity index (χ1) is 9.56. The van der Waals surface area contributed by atoms with Crippen LogP contribution in [-0.2, 0) is 0 Å². The number of hydrogen-bond acceptors (Lipinski definition) is 3. The fourth-order valence-corrected chi connectivity index (χ4v) is 3.39. The number of benzene rings is 1. The van der Waals surface area contributed by atoms with Gasteiger partial charge in [-0.25, -0.2) is 4.39 Å². The summed E-state index contributed by atoms with van der Waals surface area (Å²) in [6, 6.07) is 5.89. The van der Waals surface area contributed by atoms with Gasteiger partial charge >= 0.3 is 0 Å². The van der Waals surface area contributed by atoms with Crippen molar-refractivity contribution in [2.24, 2.45) is 5.73 Å². The average Bonchev–Trinajstić information content (AvgIpc) is 2.44. The first kappa shape index (κ1) is 15.9. The van der Waals surface area contributed by atoms with Gasteiger partial charge in [-0.05, 0) is 47.1 Å².